The SMILES string of the molecule is Cc1c2c(c(CC(C)(C)C)c3ccccc13)Oc1cc3c[c]([Ge]([CH3])([CH3])[CH3])ccc3c3cc[n+](C)c-2c13. The number of hydrogen-bond donors (Lipinski definition) is 0. The van der Waals surface area contributed by atoms with E-state index >= 15 is 0 Å². The van der Waals surface area contributed by atoms with Gasteiger partial charge in [0, 0.05) is 0 Å². The summed E-state index contributed by atoms with van der Waals surface area (Å²) >= 11 is -1.96. The summed E-state index contributed by atoms with van der Waals surface area (Å²) in [6, 6.07) is 20.6. The average Bonchev–Trinajstić information content (AvgIpc) is 2.81. The molecule has 1 aromatic heterocycles. The standard InChI is InChI=1S/C33H36GeNO/c1-20-23-11-9-10-12-25(23)27(19-33(2,3)4)32-29(20)31-30-26(15-16-35(31)8)24-14-13-22(34(5,6)7)17-21(24)18-28(30)36-32/h9-18H,19H2,1-8H3/q+1. The van der Waals surface area contributed by atoms with Crippen molar-refractivity contribution in [3.05, 3.63) is 71.9 Å². The van der Waals surface area contributed by atoms with Crippen LogP contribution in [0.25, 0.3) is 43.6 Å². The van der Waals surface area contributed by atoms with E-state index in [1.807, 2.05) is 0 Å². The summed E-state index contributed by atoms with van der Waals surface area (Å²) in [5.74, 6) is 9.41. The molecule has 182 valence electrons. The van der Waals surface area contributed by atoms with E-state index in [1.54, 1.807) is 0 Å². The van der Waals surface area contributed by atoms with Gasteiger partial charge in [0.05, 0.1) is 0 Å². The van der Waals surface area contributed by atoms with E-state index in [4.69, 9.17) is 4.74 Å². The van der Waals surface area contributed by atoms with Crippen molar-refractivity contribution in [3.63, 3.8) is 0 Å². The van der Waals surface area contributed by atoms with Gasteiger partial charge in [-0.3, -0.25) is 0 Å². The van der Waals surface area contributed by atoms with Crippen molar-refractivity contribution in [2.75, 3.05) is 0 Å². The molecule has 3 heteroatoms. The molecule has 2 nitrogen and oxygen atoms in total. The molecule has 4 aromatic carbocycles. The molecular weight excluding hydrogens is 499 g/mol. The molecular formula is C33H36GeNO+. The first-order valence-electron chi connectivity index (χ1n) is 13.1. The van der Waals surface area contributed by atoms with E-state index < -0.39 is 13.3 Å². The van der Waals surface area contributed by atoms with Gasteiger partial charge in [-0.15, -0.1) is 0 Å². The summed E-state index contributed by atoms with van der Waals surface area (Å²) in [6.45, 7) is 9.22. The Labute approximate surface area is 217 Å². The van der Waals surface area contributed by atoms with Gasteiger partial charge in [-0.25, -0.2) is 0 Å². The van der Waals surface area contributed by atoms with Crippen molar-refractivity contribution < 1.29 is 9.30 Å². The predicted octanol–water partition coefficient (Wildman–Crippen LogP) is 8.19. The van der Waals surface area contributed by atoms with E-state index in [0.29, 0.717) is 0 Å². The molecule has 0 spiro atoms. The zero-order valence-electron chi connectivity index (χ0n) is 22.8. The van der Waals surface area contributed by atoms with Crippen LogP contribution < -0.4 is 13.7 Å². The maximum absolute atomic E-state index is 7.01. The Morgan fingerprint density at radius 2 is 1.58 bits per heavy atom. The quantitative estimate of drug-likeness (QED) is 0.124. The van der Waals surface area contributed by atoms with Crippen LogP contribution in [0, 0.1) is 12.3 Å². The van der Waals surface area contributed by atoms with Crippen LogP contribution in [-0.4, -0.2) is 13.3 Å². The zero-order valence-corrected chi connectivity index (χ0v) is 24.9. The van der Waals surface area contributed by atoms with Gasteiger partial charge in [-0.2, -0.15) is 0 Å². The summed E-state index contributed by atoms with van der Waals surface area (Å²) in [6.07, 6.45) is 3.18. The topological polar surface area (TPSA) is 13.1 Å². The van der Waals surface area contributed by atoms with E-state index in [0.717, 1.165) is 17.9 Å². The Bertz CT molecular complexity index is 1720. The van der Waals surface area contributed by atoms with E-state index in [2.05, 4.69) is 117 Å². The van der Waals surface area contributed by atoms with Crippen LogP contribution in [0.15, 0.2) is 60.8 Å². The van der Waals surface area contributed by atoms with Crippen LogP contribution in [-0.2, 0) is 13.5 Å². The fourth-order valence-corrected chi connectivity index (χ4v) is 8.43. The fraction of sp³-hybridized carbons (Fsp3) is 0.303. The third-order valence-corrected chi connectivity index (χ3v) is 12.0. The molecule has 1 aliphatic rings. The minimum atomic E-state index is -1.96. The first-order valence-corrected chi connectivity index (χ1v) is 20.4. The summed E-state index contributed by atoms with van der Waals surface area (Å²) in [5, 5.41) is 7.73. The molecule has 0 saturated carbocycles. The number of aromatic nitrogens is 1. The van der Waals surface area contributed by atoms with Crippen molar-refractivity contribution in [3.8, 4) is 22.8 Å². The average molecular weight is 535 g/mol. The van der Waals surface area contributed by atoms with E-state index in [-0.39, 0.29) is 5.41 Å². The zero-order chi connectivity index (χ0) is 25.6. The van der Waals surface area contributed by atoms with Gasteiger partial charge in [0.1, 0.15) is 0 Å². The van der Waals surface area contributed by atoms with Gasteiger partial charge >= 0.3 is 218 Å². The molecule has 0 amide bonds. The van der Waals surface area contributed by atoms with Crippen LogP contribution in [0.4, 0.5) is 0 Å². The normalized spacial score (nSPS) is 13.3. The molecule has 0 N–H and O–H groups in total. The molecule has 0 unspecified atom stereocenters. The number of nitrogens with zero attached hydrogens (tertiary/aromatic N) is 1. The first-order chi connectivity index (χ1) is 16.9. The molecule has 6 rings (SSSR count). The van der Waals surface area contributed by atoms with E-state index in [9.17, 15) is 0 Å². The number of benzene rings is 4. The van der Waals surface area contributed by atoms with Crippen molar-refractivity contribution in [1.29, 1.82) is 0 Å². The van der Waals surface area contributed by atoms with Gasteiger partial charge in [-0.1, -0.05) is 0 Å². The summed E-state index contributed by atoms with van der Waals surface area (Å²) in [7, 11) is 2.17. The monoisotopic (exact) mass is 536 g/mol. The maximum atomic E-state index is 7.01. The number of hydrogen-bond acceptors (Lipinski definition) is 1. The second kappa shape index (κ2) is 7.82. The number of fused-ring (bicyclic) bond motifs is 5. The molecule has 5 aromatic rings. The van der Waals surface area contributed by atoms with Crippen molar-refractivity contribution >= 4 is 50.0 Å². The molecule has 0 bridgehead atoms. The number of pyridine rings is 1. The van der Waals surface area contributed by atoms with Gasteiger partial charge < -0.3 is 0 Å². The Morgan fingerprint density at radius 1 is 0.861 bits per heavy atom. The van der Waals surface area contributed by atoms with Gasteiger partial charge in [-0.05, 0) is 0 Å². The Kier molecular flexibility index (Phi) is 5.12. The Morgan fingerprint density at radius 3 is 2.28 bits per heavy atom. The molecule has 0 aliphatic carbocycles. The summed E-state index contributed by atoms with van der Waals surface area (Å²) in [4.78, 5) is 0. The molecule has 2 heterocycles. The first kappa shape index (κ1) is 23.5. The number of ether oxygens (including phenoxy) is 1. The third-order valence-electron chi connectivity index (χ3n) is 7.75. The van der Waals surface area contributed by atoms with Crippen LogP contribution in [0.3, 0.4) is 0 Å². The van der Waals surface area contributed by atoms with Crippen molar-refractivity contribution in [2.24, 2.45) is 12.5 Å². The summed E-state index contributed by atoms with van der Waals surface area (Å²) < 4.78 is 10.8. The fourth-order valence-electron chi connectivity index (χ4n) is 5.98. The Hall–Kier alpha value is -2.85. The van der Waals surface area contributed by atoms with Gasteiger partial charge in [0.2, 0.25) is 0 Å². The van der Waals surface area contributed by atoms with Crippen LogP contribution in [0.5, 0.6) is 11.5 Å². The molecule has 0 atom stereocenters. The van der Waals surface area contributed by atoms with Crippen LogP contribution in [0.2, 0.25) is 17.3 Å². The van der Waals surface area contributed by atoms with Crippen molar-refractivity contribution in [1.82, 2.24) is 0 Å². The second-order valence-electron chi connectivity index (χ2n) is 12.8. The third kappa shape index (κ3) is 3.56. The molecule has 1 aliphatic heterocycles. The molecule has 0 saturated heterocycles. The van der Waals surface area contributed by atoms with Gasteiger partial charge in [0.25, 0.3) is 0 Å². The Balaban J connectivity index is 1.76. The van der Waals surface area contributed by atoms with Crippen LogP contribution in [0.1, 0.15) is 31.9 Å². The van der Waals surface area contributed by atoms with Crippen LogP contribution >= 0.6 is 0 Å². The molecule has 36 heavy (non-hydrogen) atoms. The van der Waals surface area contributed by atoms with E-state index in [1.165, 1.54) is 59.1 Å². The molecule has 0 fully saturated rings. The number of aryl methyl sites for hydroxylation is 2. The van der Waals surface area contributed by atoms with Gasteiger partial charge in [0.15, 0.2) is 0 Å². The number of rotatable bonds is 2. The van der Waals surface area contributed by atoms with Crippen molar-refractivity contribution in [2.45, 2.75) is 51.4 Å². The minimum absolute atomic E-state index is 0.140. The second-order valence-corrected chi connectivity index (χ2v) is 23.5. The summed E-state index contributed by atoms with van der Waals surface area (Å²) in [5.41, 5.74) is 5.26. The predicted molar refractivity (Wildman–Crippen MR) is 157 cm³/mol. The molecule has 0 radical (unpaired) electrons.